The molecule has 0 heterocycles. The van der Waals surface area contributed by atoms with Crippen LogP contribution >= 0.6 is 0 Å². The fourth-order valence-electron chi connectivity index (χ4n) is 3.15. The van der Waals surface area contributed by atoms with E-state index in [1.165, 1.54) is 32.1 Å². The summed E-state index contributed by atoms with van der Waals surface area (Å²) in [6, 6.07) is 0. The third-order valence-corrected chi connectivity index (χ3v) is 4.20. The van der Waals surface area contributed by atoms with Gasteiger partial charge in [0.15, 0.2) is 0 Å². The summed E-state index contributed by atoms with van der Waals surface area (Å²) in [6.45, 7) is 3.10. The maximum absolute atomic E-state index is 12.0. The SMILES string of the molecule is CCCCCCCNC(=O)[C@H]1C[C@@H]2C=C[C@H]1C2. The van der Waals surface area contributed by atoms with Crippen LogP contribution in [0, 0.1) is 17.8 Å². The Kier molecular flexibility index (Phi) is 4.64. The molecule has 2 bridgehead atoms. The summed E-state index contributed by atoms with van der Waals surface area (Å²) in [5, 5.41) is 3.11. The van der Waals surface area contributed by atoms with Crippen molar-refractivity contribution in [1.82, 2.24) is 5.32 Å². The second-order valence-electron chi connectivity index (χ2n) is 5.59. The lowest BCUT2D eigenvalue weighted by molar-refractivity contribution is -0.125. The highest BCUT2D eigenvalue weighted by molar-refractivity contribution is 5.79. The van der Waals surface area contributed by atoms with Crippen LogP contribution in [0.4, 0.5) is 0 Å². The average Bonchev–Trinajstić information content (AvgIpc) is 2.95. The van der Waals surface area contributed by atoms with Crippen LogP contribution in [-0.2, 0) is 4.79 Å². The molecular formula is C15H25NO. The van der Waals surface area contributed by atoms with Gasteiger partial charge in [-0.1, -0.05) is 44.8 Å². The molecule has 0 saturated heterocycles. The zero-order valence-corrected chi connectivity index (χ0v) is 11.0. The van der Waals surface area contributed by atoms with E-state index in [2.05, 4.69) is 24.4 Å². The molecule has 0 aromatic heterocycles. The number of hydrogen-bond donors (Lipinski definition) is 1. The largest absolute Gasteiger partial charge is 0.356 e. The zero-order chi connectivity index (χ0) is 12.1. The molecule has 2 aliphatic carbocycles. The van der Waals surface area contributed by atoms with Crippen LogP contribution in [0.25, 0.3) is 0 Å². The highest BCUT2D eigenvalue weighted by atomic mass is 16.1. The van der Waals surface area contributed by atoms with Gasteiger partial charge in [0.1, 0.15) is 0 Å². The molecule has 96 valence electrons. The molecule has 0 aromatic rings. The lowest BCUT2D eigenvalue weighted by Crippen LogP contribution is -2.33. The molecule has 2 heteroatoms. The van der Waals surface area contributed by atoms with Crippen LogP contribution in [0.3, 0.4) is 0 Å². The first-order valence-electron chi connectivity index (χ1n) is 7.27. The third kappa shape index (κ3) is 3.34. The Labute approximate surface area is 105 Å². The number of amides is 1. The number of rotatable bonds is 7. The van der Waals surface area contributed by atoms with E-state index in [0.717, 1.165) is 19.4 Å². The van der Waals surface area contributed by atoms with Crippen molar-refractivity contribution in [3.8, 4) is 0 Å². The molecule has 1 N–H and O–H groups in total. The number of unbranched alkanes of at least 4 members (excludes halogenated alkanes) is 4. The first kappa shape index (κ1) is 12.7. The van der Waals surface area contributed by atoms with Crippen LogP contribution in [0.2, 0.25) is 0 Å². The summed E-state index contributed by atoms with van der Waals surface area (Å²) >= 11 is 0. The summed E-state index contributed by atoms with van der Waals surface area (Å²) in [4.78, 5) is 12.0. The van der Waals surface area contributed by atoms with Gasteiger partial charge in [0, 0.05) is 12.5 Å². The van der Waals surface area contributed by atoms with Crippen LogP contribution in [0.5, 0.6) is 0 Å². The Morgan fingerprint density at radius 1 is 1.18 bits per heavy atom. The van der Waals surface area contributed by atoms with Crippen molar-refractivity contribution >= 4 is 5.91 Å². The molecule has 0 aromatic carbocycles. The molecule has 2 nitrogen and oxygen atoms in total. The van der Waals surface area contributed by atoms with Gasteiger partial charge in [0.25, 0.3) is 0 Å². The summed E-state index contributed by atoms with van der Waals surface area (Å²) in [5.74, 6) is 1.82. The lowest BCUT2D eigenvalue weighted by atomic mass is 9.93. The summed E-state index contributed by atoms with van der Waals surface area (Å²) in [5.41, 5.74) is 0. The molecule has 2 rings (SSSR count). The van der Waals surface area contributed by atoms with Gasteiger partial charge in [0.05, 0.1) is 0 Å². The molecule has 1 saturated carbocycles. The molecule has 0 aliphatic heterocycles. The van der Waals surface area contributed by atoms with E-state index in [4.69, 9.17) is 0 Å². The Morgan fingerprint density at radius 2 is 2.00 bits per heavy atom. The van der Waals surface area contributed by atoms with Crippen LogP contribution < -0.4 is 5.32 Å². The van der Waals surface area contributed by atoms with Gasteiger partial charge in [-0.3, -0.25) is 4.79 Å². The molecule has 0 radical (unpaired) electrons. The van der Waals surface area contributed by atoms with Gasteiger partial charge >= 0.3 is 0 Å². The highest BCUT2D eigenvalue weighted by Gasteiger charge is 2.39. The van der Waals surface area contributed by atoms with E-state index in [9.17, 15) is 4.79 Å². The van der Waals surface area contributed by atoms with E-state index >= 15 is 0 Å². The zero-order valence-electron chi connectivity index (χ0n) is 11.0. The molecule has 1 amide bonds. The first-order chi connectivity index (χ1) is 8.31. The number of fused-ring (bicyclic) bond motifs is 2. The predicted molar refractivity (Wildman–Crippen MR) is 70.6 cm³/mol. The average molecular weight is 235 g/mol. The van der Waals surface area contributed by atoms with Gasteiger partial charge in [-0.2, -0.15) is 0 Å². The maximum atomic E-state index is 12.0. The van der Waals surface area contributed by atoms with Crippen molar-refractivity contribution in [2.24, 2.45) is 17.8 Å². The van der Waals surface area contributed by atoms with Gasteiger partial charge in [-0.05, 0) is 31.1 Å². The molecule has 0 spiro atoms. The van der Waals surface area contributed by atoms with Crippen molar-refractivity contribution in [1.29, 1.82) is 0 Å². The summed E-state index contributed by atoms with van der Waals surface area (Å²) < 4.78 is 0. The topological polar surface area (TPSA) is 29.1 Å². The van der Waals surface area contributed by atoms with E-state index in [0.29, 0.717) is 17.7 Å². The molecule has 0 unspecified atom stereocenters. The minimum absolute atomic E-state index is 0.278. The number of hydrogen-bond acceptors (Lipinski definition) is 1. The number of carbonyl (C=O) groups excluding carboxylic acids is 1. The van der Waals surface area contributed by atoms with Gasteiger partial charge in [-0.15, -0.1) is 0 Å². The maximum Gasteiger partial charge on any atom is 0.223 e. The van der Waals surface area contributed by atoms with Crippen molar-refractivity contribution in [3.63, 3.8) is 0 Å². The fourth-order valence-corrected chi connectivity index (χ4v) is 3.15. The Balaban J connectivity index is 1.57. The number of carbonyl (C=O) groups is 1. The quantitative estimate of drug-likeness (QED) is 0.532. The Morgan fingerprint density at radius 3 is 2.65 bits per heavy atom. The second-order valence-corrected chi connectivity index (χ2v) is 5.59. The molecular weight excluding hydrogens is 210 g/mol. The monoisotopic (exact) mass is 235 g/mol. The summed E-state index contributed by atoms with van der Waals surface area (Å²) in [7, 11) is 0. The number of nitrogens with one attached hydrogen (secondary N) is 1. The van der Waals surface area contributed by atoms with Crippen LogP contribution in [-0.4, -0.2) is 12.5 Å². The molecule has 2 aliphatic rings. The lowest BCUT2D eigenvalue weighted by Gasteiger charge is -2.17. The Bertz CT molecular complexity index is 285. The smallest absolute Gasteiger partial charge is 0.223 e. The minimum atomic E-state index is 0.278. The molecule has 17 heavy (non-hydrogen) atoms. The fraction of sp³-hybridized carbons (Fsp3) is 0.800. The predicted octanol–water partition coefficient (Wildman–Crippen LogP) is 3.29. The highest BCUT2D eigenvalue weighted by Crippen LogP contribution is 2.43. The molecule has 3 atom stereocenters. The van der Waals surface area contributed by atoms with Gasteiger partial charge < -0.3 is 5.32 Å². The van der Waals surface area contributed by atoms with Crippen molar-refractivity contribution in [2.45, 2.75) is 51.9 Å². The third-order valence-electron chi connectivity index (χ3n) is 4.20. The van der Waals surface area contributed by atoms with Crippen molar-refractivity contribution < 1.29 is 4.79 Å². The standard InChI is InChI=1S/C15H25NO/c1-2-3-4-5-6-9-16-15(17)14-11-12-7-8-13(14)10-12/h7-8,12-14H,2-6,9-11H2,1H3,(H,16,17)/t12-,13+,14+/m1/s1. The minimum Gasteiger partial charge on any atom is -0.356 e. The summed E-state index contributed by atoms with van der Waals surface area (Å²) in [6.07, 6.45) is 13.2. The van der Waals surface area contributed by atoms with E-state index < -0.39 is 0 Å². The first-order valence-corrected chi connectivity index (χ1v) is 7.27. The molecule has 1 fully saturated rings. The van der Waals surface area contributed by atoms with E-state index in [-0.39, 0.29) is 5.92 Å². The van der Waals surface area contributed by atoms with E-state index in [1.807, 2.05) is 0 Å². The normalized spacial score (nSPS) is 29.8. The van der Waals surface area contributed by atoms with Gasteiger partial charge in [-0.25, -0.2) is 0 Å². The number of allylic oxidation sites excluding steroid dienone is 2. The van der Waals surface area contributed by atoms with Crippen molar-refractivity contribution in [2.75, 3.05) is 6.54 Å². The van der Waals surface area contributed by atoms with Crippen LogP contribution in [0.1, 0.15) is 51.9 Å². The van der Waals surface area contributed by atoms with Crippen molar-refractivity contribution in [3.05, 3.63) is 12.2 Å². The van der Waals surface area contributed by atoms with E-state index in [1.54, 1.807) is 0 Å². The van der Waals surface area contributed by atoms with Gasteiger partial charge in [0.2, 0.25) is 5.91 Å². The second kappa shape index (κ2) is 6.23. The Hall–Kier alpha value is -0.790. The van der Waals surface area contributed by atoms with Crippen LogP contribution in [0.15, 0.2) is 12.2 Å².